The number of allylic oxidation sites excluding steroid dienone is 18. The maximum absolute atomic E-state index is 12.8. The van der Waals surface area contributed by atoms with E-state index in [2.05, 4.69) is 130 Å². The molecule has 0 aromatic heterocycles. The van der Waals surface area contributed by atoms with E-state index >= 15 is 0 Å². The SMILES string of the molecule is CC/C=C\C/C=C\C/C=C\C/C=C\C/C=C\CCCCCCOCC(COC(=O)CCCCCC/C=C\C/C=C\C/C=C\C/C=C\CC)OC(=O)CCCCCCCCCCCCC. The van der Waals surface area contributed by atoms with E-state index in [1.165, 1.54) is 64.2 Å². The summed E-state index contributed by atoms with van der Waals surface area (Å²) in [7, 11) is 0. The molecule has 5 nitrogen and oxygen atoms in total. The van der Waals surface area contributed by atoms with Crippen LogP contribution in [0.25, 0.3) is 0 Å². The molecular formula is C59H98O5. The molecule has 0 amide bonds. The fraction of sp³-hybridized carbons (Fsp3) is 0.661. The van der Waals surface area contributed by atoms with E-state index in [9.17, 15) is 9.59 Å². The van der Waals surface area contributed by atoms with Gasteiger partial charge in [-0.3, -0.25) is 9.59 Å². The summed E-state index contributed by atoms with van der Waals surface area (Å²) < 4.78 is 17.4. The number of carbonyl (C=O) groups is 2. The Bertz CT molecular complexity index is 1280. The van der Waals surface area contributed by atoms with Crippen molar-refractivity contribution in [2.45, 2.75) is 232 Å². The maximum atomic E-state index is 12.8. The van der Waals surface area contributed by atoms with Gasteiger partial charge in [0.1, 0.15) is 6.61 Å². The summed E-state index contributed by atoms with van der Waals surface area (Å²) in [5.74, 6) is -0.443. The summed E-state index contributed by atoms with van der Waals surface area (Å²) in [5, 5.41) is 0. The van der Waals surface area contributed by atoms with Gasteiger partial charge in [0.15, 0.2) is 6.10 Å². The van der Waals surface area contributed by atoms with E-state index in [0.717, 1.165) is 128 Å². The largest absolute Gasteiger partial charge is 0.462 e. The van der Waals surface area contributed by atoms with Crippen molar-refractivity contribution in [1.82, 2.24) is 0 Å². The average molecular weight is 887 g/mol. The molecule has 64 heavy (non-hydrogen) atoms. The van der Waals surface area contributed by atoms with Crippen LogP contribution in [0, 0.1) is 0 Å². The topological polar surface area (TPSA) is 61.8 Å². The van der Waals surface area contributed by atoms with E-state index in [1.807, 2.05) is 0 Å². The summed E-state index contributed by atoms with van der Waals surface area (Å²) >= 11 is 0. The second-order valence-electron chi connectivity index (χ2n) is 17.0. The lowest BCUT2D eigenvalue weighted by molar-refractivity contribution is -0.163. The number of unbranched alkanes of at least 4 members (excludes halogenated alkanes) is 18. The van der Waals surface area contributed by atoms with E-state index in [1.54, 1.807) is 0 Å². The van der Waals surface area contributed by atoms with Gasteiger partial charge >= 0.3 is 11.9 Å². The molecule has 0 spiro atoms. The Balaban J connectivity index is 4.35. The Hall–Kier alpha value is -3.44. The molecule has 0 aromatic carbocycles. The molecule has 0 saturated heterocycles. The molecule has 0 aliphatic heterocycles. The lowest BCUT2D eigenvalue weighted by Gasteiger charge is -2.18. The number of ether oxygens (including phenoxy) is 3. The number of rotatable bonds is 47. The molecule has 0 aliphatic carbocycles. The first-order valence-corrected chi connectivity index (χ1v) is 26.4. The first kappa shape index (κ1) is 60.6. The zero-order chi connectivity index (χ0) is 46.3. The number of hydrogen-bond acceptors (Lipinski definition) is 5. The van der Waals surface area contributed by atoms with Crippen LogP contribution in [0.5, 0.6) is 0 Å². The van der Waals surface area contributed by atoms with Crippen LogP contribution < -0.4 is 0 Å². The van der Waals surface area contributed by atoms with Crippen molar-refractivity contribution < 1.29 is 23.8 Å². The average Bonchev–Trinajstić information content (AvgIpc) is 3.30. The van der Waals surface area contributed by atoms with Crippen molar-refractivity contribution in [3.8, 4) is 0 Å². The summed E-state index contributed by atoms with van der Waals surface area (Å²) in [6.07, 6.45) is 73.8. The van der Waals surface area contributed by atoms with Crippen LogP contribution in [-0.4, -0.2) is 37.9 Å². The monoisotopic (exact) mass is 887 g/mol. The molecule has 0 saturated carbocycles. The highest BCUT2D eigenvalue weighted by Gasteiger charge is 2.17. The van der Waals surface area contributed by atoms with E-state index in [0.29, 0.717) is 19.4 Å². The summed E-state index contributed by atoms with van der Waals surface area (Å²) in [6, 6.07) is 0. The van der Waals surface area contributed by atoms with Gasteiger partial charge in [-0.2, -0.15) is 0 Å². The molecule has 0 aliphatic rings. The quantitative estimate of drug-likeness (QED) is 0.0346. The van der Waals surface area contributed by atoms with Crippen molar-refractivity contribution in [2.24, 2.45) is 0 Å². The van der Waals surface area contributed by atoms with Gasteiger partial charge < -0.3 is 14.2 Å². The highest BCUT2D eigenvalue weighted by atomic mass is 16.6. The molecular weight excluding hydrogens is 789 g/mol. The second-order valence-corrected chi connectivity index (χ2v) is 17.0. The van der Waals surface area contributed by atoms with Crippen molar-refractivity contribution >= 4 is 11.9 Å². The Morgan fingerprint density at radius 3 is 1.12 bits per heavy atom. The van der Waals surface area contributed by atoms with Gasteiger partial charge in [-0.1, -0.05) is 220 Å². The van der Waals surface area contributed by atoms with Gasteiger partial charge in [-0.15, -0.1) is 0 Å². The molecule has 0 heterocycles. The van der Waals surface area contributed by atoms with Gasteiger partial charge in [0.25, 0.3) is 0 Å². The molecule has 5 heteroatoms. The molecule has 0 bridgehead atoms. The predicted molar refractivity (Wildman–Crippen MR) is 279 cm³/mol. The predicted octanol–water partition coefficient (Wildman–Crippen LogP) is 18.0. The fourth-order valence-corrected chi connectivity index (χ4v) is 6.94. The van der Waals surface area contributed by atoms with Gasteiger partial charge in [0.05, 0.1) is 6.61 Å². The number of esters is 2. The minimum atomic E-state index is -0.564. The summed E-state index contributed by atoms with van der Waals surface area (Å²) in [5.41, 5.74) is 0. The fourth-order valence-electron chi connectivity index (χ4n) is 6.94. The van der Waals surface area contributed by atoms with Crippen LogP contribution in [0.2, 0.25) is 0 Å². The lowest BCUT2D eigenvalue weighted by atomic mass is 10.1. The van der Waals surface area contributed by atoms with Crippen LogP contribution in [0.1, 0.15) is 226 Å². The molecule has 0 radical (unpaired) electrons. The Morgan fingerprint density at radius 1 is 0.359 bits per heavy atom. The van der Waals surface area contributed by atoms with Crippen LogP contribution in [0.3, 0.4) is 0 Å². The molecule has 0 rings (SSSR count). The van der Waals surface area contributed by atoms with Gasteiger partial charge in [-0.25, -0.2) is 0 Å². The number of hydrogen-bond donors (Lipinski definition) is 0. The summed E-state index contributed by atoms with van der Waals surface area (Å²) in [6.45, 7) is 7.51. The molecule has 1 unspecified atom stereocenters. The normalized spacial score (nSPS) is 13.1. The third-order valence-corrected chi connectivity index (χ3v) is 10.8. The van der Waals surface area contributed by atoms with E-state index in [4.69, 9.17) is 14.2 Å². The molecule has 364 valence electrons. The van der Waals surface area contributed by atoms with Gasteiger partial charge in [0, 0.05) is 19.4 Å². The zero-order valence-corrected chi connectivity index (χ0v) is 41.8. The molecule has 0 N–H and O–H groups in total. The summed E-state index contributed by atoms with van der Waals surface area (Å²) in [4.78, 5) is 25.4. The van der Waals surface area contributed by atoms with E-state index in [-0.39, 0.29) is 25.2 Å². The maximum Gasteiger partial charge on any atom is 0.306 e. The third-order valence-electron chi connectivity index (χ3n) is 10.8. The zero-order valence-electron chi connectivity index (χ0n) is 41.8. The van der Waals surface area contributed by atoms with Crippen molar-refractivity contribution in [3.05, 3.63) is 109 Å². The van der Waals surface area contributed by atoms with Gasteiger partial charge in [0.2, 0.25) is 0 Å². The van der Waals surface area contributed by atoms with Crippen LogP contribution in [0.4, 0.5) is 0 Å². The lowest BCUT2D eigenvalue weighted by Crippen LogP contribution is -2.30. The Morgan fingerprint density at radius 2 is 0.703 bits per heavy atom. The Labute approximate surface area is 395 Å². The van der Waals surface area contributed by atoms with Crippen LogP contribution >= 0.6 is 0 Å². The highest BCUT2D eigenvalue weighted by molar-refractivity contribution is 5.70. The standard InChI is InChI=1S/C59H98O5/c1-4-7-10-13-16-19-22-24-26-28-29-30-32-34-36-39-42-45-48-51-54-62-55-57(64-59(61)53-50-47-44-41-37-21-18-15-12-9-6-3)56-63-58(60)52-49-46-43-40-38-35-33-31-27-25-23-20-17-14-11-8-5-2/h7-8,10-11,16-17,19-20,24-27,29-30,33-36,57H,4-6,9,12-15,18,21-23,28,31-32,37-56H2,1-3H3/b10-7-,11-8-,19-16-,20-17-,26-24-,27-25-,30-29-,35-33-,36-34-. The second kappa shape index (κ2) is 53.9. The molecule has 0 fully saturated rings. The number of carbonyl (C=O) groups excluding carboxylic acids is 2. The smallest absolute Gasteiger partial charge is 0.306 e. The Kier molecular flexibility index (Phi) is 51.0. The van der Waals surface area contributed by atoms with Gasteiger partial charge in [-0.05, 0) is 103 Å². The van der Waals surface area contributed by atoms with Crippen molar-refractivity contribution in [2.75, 3.05) is 19.8 Å². The minimum Gasteiger partial charge on any atom is -0.462 e. The highest BCUT2D eigenvalue weighted by Crippen LogP contribution is 2.14. The van der Waals surface area contributed by atoms with Crippen LogP contribution in [0.15, 0.2) is 109 Å². The van der Waals surface area contributed by atoms with E-state index < -0.39 is 6.10 Å². The molecule has 0 aromatic rings. The third kappa shape index (κ3) is 51.2. The first-order valence-electron chi connectivity index (χ1n) is 26.4. The minimum absolute atomic E-state index is 0.0574. The van der Waals surface area contributed by atoms with Crippen molar-refractivity contribution in [1.29, 1.82) is 0 Å². The van der Waals surface area contributed by atoms with Crippen LogP contribution in [-0.2, 0) is 23.8 Å². The molecule has 1 atom stereocenters. The van der Waals surface area contributed by atoms with Crippen molar-refractivity contribution in [3.63, 3.8) is 0 Å². The first-order chi connectivity index (χ1) is 31.6.